The standard InChI is InChI=1S/C15H18N2O/c1-2-6-13(11-16)17-14(18)15(9-10-15)12-7-4-3-5-8-12/h3-5,7-8,13H,2,6,9-10H2,1H3,(H,17,18). The number of carbonyl (C=O) groups is 1. The minimum atomic E-state index is -0.371. The van der Waals surface area contributed by atoms with Gasteiger partial charge in [-0.15, -0.1) is 0 Å². The van der Waals surface area contributed by atoms with Crippen LogP contribution in [0, 0.1) is 11.3 Å². The molecular formula is C15H18N2O. The minimum absolute atomic E-state index is 0.00806. The maximum atomic E-state index is 12.3. The number of carbonyl (C=O) groups excluding carboxylic acids is 1. The first-order valence-electron chi connectivity index (χ1n) is 6.49. The van der Waals surface area contributed by atoms with Crippen LogP contribution in [-0.2, 0) is 10.2 Å². The molecule has 0 heterocycles. The first-order valence-corrected chi connectivity index (χ1v) is 6.49. The summed E-state index contributed by atoms with van der Waals surface area (Å²) in [5.41, 5.74) is 0.695. The average molecular weight is 242 g/mol. The van der Waals surface area contributed by atoms with Gasteiger partial charge in [-0.05, 0) is 24.8 Å². The maximum Gasteiger partial charge on any atom is 0.231 e. The Morgan fingerprint density at radius 3 is 2.61 bits per heavy atom. The van der Waals surface area contributed by atoms with Crippen LogP contribution in [-0.4, -0.2) is 11.9 Å². The molecule has 1 atom stereocenters. The highest BCUT2D eigenvalue weighted by Crippen LogP contribution is 2.48. The van der Waals surface area contributed by atoms with E-state index < -0.39 is 0 Å². The Hall–Kier alpha value is -1.82. The van der Waals surface area contributed by atoms with E-state index in [-0.39, 0.29) is 17.4 Å². The Bertz CT molecular complexity index is 457. The van der Waals surface area contributed by atoms with Gasteiger partial charge in [-0.25, -0.2) is 0 Å². The number of benzene rings is 1. The lowest BCUT2D eigenvalue weighted by molar-refractivity contribution is -0.124. The van der Waals surface area contributed by atoms with Crippen molar-refractivity contribution in [2.75, 3.05) is 0 Å². The van der Waals surface area contributed by atoms with Gasteiger partial charge in [0.25, 0.3) is 0 Å². The van der Waals surface area contributed by atoms with Crippen LogP contribution in [0.5, 0.6) is 0 Å². The Kier molecular flexibility index (Phi) is 3.66. The number of hydrogen-bond acceptors (Lipinski definition) is 2. The van der Waals surface area contributed by atoms with Crippen LogP contribution < -0.4 is 5.32 Å². The van der Waals surface area contributed by atoms with Gasteiger partial charge in [0.05, 0.1) is 11.5 Å². The van der Waals surface area contributed by atoms with Crippen molar-refractivity contribution >= 4 is 5.91 Å². The molecule has 0 aliphatic heterocycles. The van der Waals surface area contributed by atoms with Gasteiger partial charge < -0.3 is 5.32 Å². The largest absolute Gasteiger partial charge is 0.340 e. The van der Waals surface area contributed by atoms with Crippen LogP contribution in [0.2, 0.25) is 0 Å². The van der Waals surface area contributed by atoms with Crippen LogP contribution in [0.3, 0.4) is 0 Å². The van der Waals surface area contributed by atoms with Crippen molar-refractivity contribution < 1.29 is 4.79 Å². The lowest BCUT2D eigenvalue weighted by Gasteiger charge is -2.18. The van der Waals surface area contributed by atoms with E-state index in [2.05, 4.69) is 11.4 Å². The number of nitrogens with one attached hydrogen (secondary N) is 1. The van der Waals surface area contributed by atoms with Gasteiger partial charge in [-0.3, -0.25) is 4.79 Å². The van der Waals surface area contributed by atoms with Crippen LogP contribution in [0.25, 0.3) is 0 Å². The fraction of sp³-hybridized carbons (Fsp3) is 0.467. The molecule has 0 aromatic heterocycles. The van der Waals surface area contributed by atoms with Crippen LogP contribution in [0.4, 0.5) is 0 Å². The Morgan fingerprint density at radius 2 is 2.11 bits per heavy atom. The molecule has 1 aliphatic carbocycles. The molecule has 0 saturated heterocycles. The highest BCUT2D eigenvalue weighted by atomic mass is 16.2. The van der Waals surface area contributed by atoms with Gasteiger partial charge in [-0.2, -0.15) is 5.26 Å². The summed E-state index contributed by atoms with van der Waals surface area (Å²) in [4.78, 5) is 12.3. The van der Waals surface area contributed by atoms with Crippen LogP contribution in [0.1, 0.15) is 38.2 Å². The molecular weight excluding hydrogens is 224 g/mol. The fourth-order valence-electron chi connectivity index (χ4n) is 2.28. The van der Waals surface area contributed by atoms with Gasteiger partial charge in [0.2, 0.25) is 5.91 Å². The van der Waals surface area contributed by atoms with Gasteiger partial charge in [0.1, 0.15) is 6.04 Å². The zero-order valence-corrected chi connectivity index (χ0v) is 10.6. The number of hydrogen-bond donors (Lipinski definition) is 1. The van der Waals surface area contributed by atoms with Crippen molar-refractivity contribution in [2.45, 2.75) is 44.1 Å². The predicted molar refractivity (Wildman–Crippen MR) is 69.8 cm³/mol. The Morgan fingerprint density at radius 1 is 1.44 bits per heavy atom. The molecule has 3 nitrogen and oxygen atoms in total. The van der Waals surface area contributed by atoms with E-state index in [0.29, 0.717) is 6.42 Å². The van der Waals surface area contributed by atoms with Crippen LogP contribution in [0.15, 0.2) is 30.3 Å². The molecule has 3 heteroatoms. The van der Waals surface area contributed by atoms with E-state index in [0.717, 1.165) is 24.8 Å². The number of rotatable bonds is 5. The molecule has 1 aliphatic rings. The molecule has 0 bridgehead atoms. The highest BCUT2D eigenvalue weighted by Gasteiger charge is 2.51. The van der Waals surface area contributed by atoms with Gasteiger partial charge >= 0.3 is 0 Å². The fourth-order valence-corrected chi connectivity index (χ4v) is 2.28. The van der Waals surface area contributed by atoms with Crippen molar-refractivity contribution in [3.63, 3.8) is 0 Å². The lowest BCUT2D eigenvalue weighted by atomic mass is 9.94. The topological polar surface area (TPSA) is 52.9 Å². The van der Waals surface area contributed by atoms with E-state index in [9.17, 15) is 4.79 Å². The van der Waals surface area contributed by atoms with Crippen molar-refractivity contribution in [1.82, 2.24) is 5.32 Å². The molecule has 1 saturated carbocycles. The molecule has 94 valence electrons. The summed E-state index contributed by atoms with van der Waals surface area (Å²) in [6.07, 6.45) is 3.38. The van der Waals surface area contributed by atoms with E-state index in [1.165, 1.54) is 0 Å². The normalized spacial score (nSPS) is 17.6. The second kappa shape index (κ2) is 5.22. The third-order valence-corrected chi connectivity index (χ3v) is 3.55. The first kappa shape index (κ1) is 12.6. The van der Waals surface area contributed by atoms with Gasteiger partial charge in [0, 0.05) is 0 Å². The monoisotopic (exact) mass is 242 g/mol. The van der Waals surface area contributed by atoms with E-state index >= 15 is 0 Å². The van der Waals surface area contributed by atoms with Crippen molar-refractivity contribution in [2.24, 2.45) is 0 Å². The summed E-state index contributed by atoms with van der Waals surface area (Å²) in [7, 11) is 0. The molecule has 1 N–H and O–H groups in total. The second-order valence-corrected chi connectivity index (χ2v) is 4.89. The SMILES string of the molecule is CCCC(C#N)NC(=O)C1(c2ccccc2)CC1. The summed E-state index contributed by atoms with van der Waals surface area (Å²) in [5.74, 6) is 0.00806. The van der Waals surface area contributed by atoms with Crippen LogP contribution >= 0.6 is 0 Å². The van der Waals surface area contributed by atoms with Crippen molar-refractivity contribution in [1.29, 1.82) is 5.26 Å². The molecule has 2 rings (SSSR count). The number of amides is 1. The lowest BCUT2D eigenvalue weighted by Crippen LogP contribution is -2.40. The third kappa shape index (κ3) is 2.38. The summed E-state index contributed by atoms with van der Waals surface area (Å²) < 4.78 is 0. The molecule has 1 aromatic rings. The van der Waals surface area contributed by atoms with Gasteiger partial charge in [-0.1, -0.05) is 43.7 Å². The zero-order valence-electron chi connectivity index (χ0n) is 10.6. The summed E-state index contributed by atoms with van der Waals surface area (Å²) >= 11 is 0. The average Bonchev–Trinajstić information content (AvgIpc) is 3.20. The highest BCUT2D eigenvalue weighted by molar-refractivity contribution is 5.91. The predicted octanol–water partition coefficient (Wildman–Crippen LogP) is 2.53. The maximum absolute atomic E-state index is 12.3. The van der Waals surface area contributed by atoms with Crippen molar-refractivity contribution in [3.8, 4) is 6.07 Å². The molecule has 18 heavy (non-hydrogen) atoms. The number of nitrogens with zero attached hydrogens (tertiary/aromatic N) is 1. The minimum Gasteiger partial charge on any atom is -0.340 e. The molecule has 1 aromatic carbocycles. The first-order chi connectivity index (χ1) is 8.73. The Balaban J connectivity index is 2.08. The molecule has 1 amide bonds. The summed E-state index contributed by atoms with van der Waals surface area (Å²) in [6, 6.07) is 11.6. The molecule has 0 spiro atoms. The van der Waals surface area contributed by atoms with E-state index in [1.807, 2.05) is 37.3 Å². The third-order valence-electron chi connectivity index (χ3n) is 3.55. The van der Waals surface area contributed by atoms with Crippen molar-refractivity contribution in [3.05, 3.63) is 35.9 Å². The molecule has 1 unspecified atom stereocenters. The second-order valence-electron chi connectivity index (χ2n) is 4.89. The van der Waals surface area contributed by atoms with E-state index in [4.69, 9.17) is 5.26 Å². The molecule has 1 fully saturated rings. The molecule has 0 radical (unpaired) electrons. The summed E-state index contributed by atoms with van der Waals surface area (Å²) in [5, 5.41) is 11.9. The zero-order chi connectivity index (χ0) is 13.0. The number of nitriles is 1. The van der Waals surface area contributed by atoms with E-state index in [1.54, 1.807) is 0 Å². The Labute approximate surface area is 108 Å². The summed E-state index contributed by atoms with van der Waals surface area (Å²) in [6.45, 7) is 2.01. The smallest absolute Gasteiger partial charge is 0.231 e. The quantitative estimate of drug-likeness (QED) is 0.862. The van der Waals surface area contributed by atoms with Gasteiger partial charge in [0.15, 0.2) is 0 Å².